The Hall–Kier alpha value is -2.10. The molecule has 1 atom stereocenters. The Morgan fingerprint density at radius 3 is 3.00 bits per heavy atom. The van der Waals surface area contributed by atoms with Crippen LogP contribution in [0.5, 0.6) is 5.75 Å². The van der Waals surface area contributed by atoms with Gasteiger partial charge >= 0.3 is 5.97 Å². The van der Waals surface area contributed by atoms with E-state index in [0.29, 0.717) is 6.42 Å². The van der Waals surface area contributed by atoms with Crippen LogP contribution in [0.25, 0.3) is 10.9 Å². The maximum absolute atomic E-state index is 10.5. The number of pyridine rings is 1. The monoisotopic (exact) mass is 245 g/mol. The molecule has 1 aromatic heterocycles. The minimum Gasteiger partial charge on any atom is -0.490 e. The smallest absolute Gasteiger partial charge is 0.303 e. The number of ether oxygens (including phenoxy) is 1. The van der Waals surface area contributed by atoms with Gasteiger partial charge < -0.3 is 9.84 Å². The van der Waals surface area contributed by atoms with E-state index in [2.05, 4.69) is 4.98 Å². The quantitative estimate of drug-likeness (QED) is 0.879. The maximum atomic E-state index is 10.5. The lowest BCUT2D eigenvalue weighted by atomic mass is 10.2. The van der Waals surface area contributed by atoms with Crippen molar-refractivity contribution in [1.82, 2.24) is 4.98 Å². The molecule has 4 heteroatoms. The normalized spacial score (nSPS) is 12.3. The van der Waals surface area contributed by atoms with Crippen LogP contribution in [0.4, 0.5) is 0 Å². The van der Waals surface area contributed by atoms with Crippen LogP contribution in [0.2, 0.25) is 0 Å². The summed E-state index contributed by atoms with van der Waals surface area (Å²) in [5.41, 5.74) is 0.875. The first-order valence-electron chi connectivity index (χ1n) is 5.89. The first-order chi connectivity index (χ1) is 8.66. The third-order valence-electron chi connectivity index (χ3n) is 2.70. The number of hydrogen-bond acceptors (Lipinski definition) is 3. The van der Waals surface area contributed by atoms with Gasteiger partial charge in [0.2, 0.25) is 0 Å². The van der Waals surface area contributed by atoms with Gasteiger partial charge in [-0.2, -0.15) is 0 Å². The summed E-state index contributed by atoms with van der Waals surface area (Å²) in [6, 6.07) is 9.48. The fourth-order valence-electron chi connectivity index (χ4n) is 1.78. The number of benzene rings is 1. The molecule has 0 radical (unpaired) electrons. The first-order valence-corrected chi connectivity index (χ1v) is 5.89. The van der Waals surface area contributed by atoms with Gasteiger partial charge in [-0.3, -0.25) is 9.78 Å². The molecular weight excluding hydrogens is 230 g/mol. The van der Waals surface area contributed by atoms with Crippen molar-refractivity contribution in [3.63, 3.8) is 0 Å². The second-order valence-corrected chi connectivity index (χ2v) is 4.19. The van der Waals surface area contributed by atoms with Gasteiger partial charge in [-0.1, -0.05) is 6.07 Å². The molecule has 0 amide bonds. The van der Waals surface area contributed by atoms with E-state index in [0.717, 1.165) is 16.7 Å². The van der Waals surface area contributed by atoms with E-state index < -0.39 is 5.97 Å². The standard InChI is InChI=1S/C14H15NO3/c1-10(7-8-14(16)17)18-13-6-2-5-12-11(13)4-3-9-15-12/h2-6,9-10H,7-8H2,1H3,(H,16,17). The largest absolute Gasteiger partial charge is 0.490 e. The Morgan fingerprint density at radius 2 is 2.22 bits per heavy atom. The zero-order valence-electron chi connectivity index (χ0n) is 10.2. The third-order valence-corrected chi connectivity index (χ3v) is 2.70. The number of fused-ring (bicyclic) bond motifs is 1. The highest BCUT2D eigenvalue weighted by Gasteiger charge is 2.09. The lowest BCUT2D eigenvalue weighted by molar-refractivity contribution is -0.137. The molecule has 1 aromatic carbocycles. The van der Waals surface area contributed by atoms with Gasteiger partial charge in [0.1, 0.15) is 5.75 Å². The predicted molar refractivity (Wildman–Crippen MR) is 68.7 cm³/mol. The summed E-state index contributed by atoms with van der Waals surface area (Å²) >= 11 is 0. The molecular formula is C14H15NO3. The molecule has 18 heavy (non-hydrogen) atoms. The number of carboxylic acids is 1. The summed E-state index contributed by atoms with van der Waals surface area (Å²) in [6.07, 6.45) is 2.21. The van der Waals surface area contributed by atoms with Crippen LogP contribution in [0.15, 0.2) is 36.5 Å². The van der Waals surface area contributed by atoms with Crippen LogP contribution in [-0.2, 0) is 4.79 Å². The Labute approximate surface area is 105 Å². The fourth-order valence-corrected chi connectivity index (χ4v) is 1.78. The molecule has 2 rings (SSSR count). The molecule has 0 aliphatic carbocycles. The molecule has 0 fully saturated rings. The van der Waals surface area contributed by atoms with Gasteiger partial charge in [-0.05, 0) is 37.6 Å². The van der Waals surface area contributed by atoms with Crippen molar-refractivity contribution in [3.05, 3.63) is 36.5 Å². The summed E-state index contributed by atoms with van der Waals surface area (Å²) in [6.45, 7) is 1.87. The number of carbonyl (C=O) groups is 1. The first kappa shape index (κ1) is 12.4. The van der Waals surface area contributed by atoms with Crippen molar-refractivity contribution in [2.24, 2.45) is 0 Å². The van der Waals surface area contributed by atoms with Gasteiger partial charge in [0.05, 0.1) is 11.6 Å². The van der Waals surface area contributed by atoms with Gasteiger partial charge in [0.25, 0.3) is 0 Å². The molecule has 1 N–H and O–H groups in total. The Balaban J connectivity index is 2.14. The average Bonchev–Trinajstić information content (AvgIpc) is 2.37. The zero-order valence-corrected chi connectivity index (χ0v) is 10.2. The number of carboxylic acid groups (broad SMARTS) is 1. The summed E-state index contributed by atoms with van der Waals surface area (Å²) in [5, 5.41) is 9.58. The fraction of sp³-hybridized carbons (Fsp3) is 0.286. The predicted octanol–water partition coefficient (Wildman–Crippen LogP) is 2.87. The van der Waals surface area contributed by atoms with Crippen LogP contribution in [0.3, 0.4) is 0 Å². The van der Waals surface area contributed by atoms with Gasteiger partial charge in [-0.25, -0.2) is 0 Å². The minimum atomic E-state index is -0.801. The molecule has 0 bridgehead atoms. The van der Waals surface area contributed by atoms with Crippen LogP contribution in [-0.4, -0.2) is 22.2 Å². The summed E-state index contributed by atoms with van der Waals surface area (Å²) < 4.78 is 5.77. The third kappa shape index (κ3) is 2.97. The SMILES string of the molecule is CC(CCC(=O)O)Oc1cccc2ncccc12. The van der Waals surface area contributed by atoms with Gasteiger partial charge in [-0.15, -0.1) is 0 Å². The highest BCUT2D eigenvalue weighted by molar-refractivity contribution is 5.84. The lowest BCUT2D eigenvalue weighted by Gasteiger charge is -2.15. The van der Waals surface area contributed by atoms with E-state index in [-0.39, 0.29) is 12.5 Å². The average molecular weight is 245 g/mol. The van der Waals surface area contributed by atoms with Crippen LogP contribution in [0, 0.1) is 0 Å². The molecule has 0 saturated carbocycles. The van der Waals surface area contributed by atoms with E-state index in [9.17, 15) is 4.79 Å². The van der Waals surface area contributed by atoms with Crippen LogP contribution >= 0.6 is 0 Å². The van der Waals surface area contributed by atoms with E-state index in [1.165, 1.54) is 0 Å². The molecule has 2 aromatic rings. The van der Waals surface area contributed by atoms with Gasteiger partial charge in [0, 0.05) is 18.0 Å². The van der Waals surface area contributed by atoms with Crippen LogP contribution in [0.1, 0.15) is 19.8 Å². The molecule has 0 saturated heterocycles. The molecule has 1 unspecified atom stereocenters. The minimum absolute atomic E-state index is 0.115. The molecule has 1 heterocycles. The van der Waals surface area contributed by atoms with Crippen molar-refractivity contribution in [2.45, 2.75) is 25.9 Å². The maximum Gasteiger partial charge on any atom is 0.303 e. The van der Waals surface area contributed by atoms with Gasteiger partial charge in [0.15, 0.2) is 0 Å². The van der Waals surface area contributed by atoms with E-state index >= 15 is 0 Å². The summed E-state index contributed by atoms with van der Waals surface area (Å²) in [5.74, 6) is -0.0523. The molecule has 0 aliphatic rings. The summed E-state index contributed by atoms with van der Waals surface area (Å²) in [7, 11) is 0. The van der Waals surface area contributed by atoms with Crippen molar-refractivity contribution in [2.75, 3.05) is 0 Å². The zero-order chi connectivity index (χ0) is 13.0. The Kier molecular flexibility index (Phi) is 3.77. The van der Waals surface area contributed by atoms with E-state index in [1.54, 1.807) is 6.20 Å². The topological polar surface area (TPSA) is 59.4 Å². The van der Waals surface area contributed by atoms with Crippen LogP contribution < -0.4 is 4.74 Å². The molecule has 4 nitrogen and oxygen atoms in total. The number of aromatic nitrogens is 1. The molecule has 94 valence electrons. The second kappa shape index (κ2) is 5.49. The van der Waals surface area contributed by atoms with Crippen molar-refractivity contribution in [1.29, 1.82) is 0 Å². The highest BCUT2D eigenvalue weighted by Crippen LogP contribution is 2.25. The van der Waals surface area contributed by atoms with E-state index in [4.69, 9.17) is 9.84 Å². The second-order valence-electron chi connectivity index (χ2n) is 4.19. The number of rotatable bonds is 5. The van der Waals surface area contributed by atoms with Crippen molar-refractivity contribution >= 4 is 16.9 Å². The summed E-state index contributed by atoms with van der Waals surface area (Å²) in [4.78, 5) is 14.8. The number of hydrogen-bond donors (Lipinski definition) is 1. The highest BCUT2D eigenvalue weighted by atomic mass is 16.5. The Bertz CT molecular complexity index is 548. The molecule has 0 aliphatic heterocycles. The molecule has 0 spiro atoms. The lowest BCUT2D eigenvalue weighted by Crippen LogP contribution is -2.13. The van der Waals surface area contributed by atoms with E-state index in [1.807, 2.05) is 37.3 Å². The van der Waals surface area contributed by atoms with Crippen molar-refractivity contribution in [3.8, 4) is 5.75 Å². The number of nitrogens with zero attached hydrogens (tertiary/aromatic N) is 1. The Morgan fingerprint density at radius 1 is 1.39 bits per heavy atom. The number of aliphatic carboxylic acids is 1. The van der Waals surface area contributed by atoms with Crippen molar-refractivity contribution < 1.29 is 14.6 Å².